The van der Waals surface area contributed by atoms with Gasteiger partial charge >= 0.3 is 0 Å². The maximum Gasteiger partial charge on any atom is 0.258 e. The molecule has 3 rings (SSSR count). The van der Waals surface area contributed by atoms with Crippen molar-refractivity contribution >= 4 is 10.8 Å². The summed E-state index contributed by atoms with van der Waals surface area (Å²) in [6.07, 6.45) is 3.65. The number of pyridine rings is 1. The third-order valence-electron chi connectivity index (χ3n) is 4.27. The smallest absolute Gasteiger partial charge is 0.258 e. The second-order valence-corrected chi connectivity index (χ2v) is 6.14. The standard InChI is InChI=1S/C21H23NO3/c1-16-5-7-18(8-6-16)25-14-4-3-12-22-13-11-17-15-19(24-2)9-10-20(17)21(22)23/h5-11,13,15H,3-4,12,14H2,1-2H3. The minimum absolute atomic E-state index is 0.0413. The van der Waals surface area contributed by atoms with Gasteiger partial charge in [-0.3, -0.25) is 4.79 Å². The number of aryl methyl sites for hydroxylation is 2. The molecular weight excluding hydrogens is 314 g/mol. The Labute approximate surface area is 147 Å². The maximum atomic E-state index is 12.5. The predicted octanol–water partition coefficient (Wildman–Crippen LogP) is 4.18. The number of benzene rings is 2. The molecule has 1 aromatic heterocycles. The number of ether oxygens (including phenoxy) is 2. The number of unbranched alkanes of at least 4 members (excludes halogenated alkanes) is 1. The quantitative estimate of drug-likeness (QED) is 0.607. The first-order valence-electron chi connectivity index (χ1n) is 8.54. The fourth-order valence-electron chi connectivity index (χ4n) is 2.78. The van der Waals surface area contributed by atoms with Gasteiger partial charge in [0.05, 0.1) is 13.7 Å². The van der Waals surface area contributed by atoms with Crippen LogP contribution in [0.4, 0.5) is 0 Å². The largest absolute Gasteiger partial charge is 0.497 e. The monoisotopic (exact) mass is 337 g/mol. The Balaban J connectivity index is 1.55. The number of fused-ring (bicyclic) bond motifs is 1. The van der Waals surface area contributed by atoms with E-state index in [0.29, 0.717) is 13.2 Å². The van der Waals surface area contributed by atoms with Gasteiger partial charge in [0.25, 0.3) is 5.56 Å². The van der Waals surface area contributed by atoms with Gasteiger partial charge in [0, 0.05) is 18.1 Å². The molecule has 25 heavy (non-hydrogen) atoms. The van der Waals surface area contributed by atoms with Crippen LogP contribution in [0.15, 0.2) is 59.5 Å². The van der Waals surface area contributed by atoms with Crippen LogP contribution in [-0.4, -0.2) is 18.3 Å². The van der Waals surface area contributed by atoms with E-state index in [9.17, 15) is 4.79 Å². The van der Waals surface area contributed by atoms with Crippen molar-refractivity contribution in [1.29, 1.82) is 0 Å². The van der Waals surface area contributed by atoms with E-state index in [0.717, 1.165) is 35.1 Å². The van der Waals surface area contributed by atoms with Gasteiger partial charge in [-0.15, -0.1) is 0 Å². The van der Waals surface area contributed by atoms with Crippen LogP contribution in [0.5, 0.6) is 11.5 Å². The molecule has 3 aromatic rings. The molecule has 0 radical (unpaired) electrons. The van der Waals surface area contributed by atoms with Crippen LogP contribution >= 0.6 is 0 Å². The zero-order chi connectivity index (χ0) is 17.6. The van der Waals surface area contributed by atoms with Gasteiger partial charge in [0.15, 0.2) is 0 Å². The average Bonchev–Trinajstić information content (AvgIpc) is 2.64. The van der Waals surface area contributed by atoms with Gasteiger partial charge in [-0.1, -0.05) is 17.7 Å². The second-order valence-electron chi connectivity index (χ2n) is 6.14. The van der Waals surface area contributed by atoms with Crippen LogP contribution in [0.25, 0.3) is 10.8 Å². The molecule has 130 valence electrons. The van der Waals surface area contributed by atoms with E-state index >= 15 is 0 Å². The van der Waals surface area contributed by atoms with Gasteiger partial charge in [-0.25, -0.2) is 0 Å². The molecule has 0 atom stereocenters. The van der Waals surface area contributed by atoms with Crippen LogP contribution in [0.2, 0.25) is 0 Å². The molecule has 0 aliphatic heterocycles. The van der Waals surface area contributed by atoms with Crippen molar-refractivity contribution in [3.8, 4) is 11.5 Å². The summed E-state index contributed by atoms with van der Waals surface area (Å²) >= 11 is 0. The summed E-state index contributed by atoms with van der Waals surface area (Å²) in [5.74, 6) is 1.65. The summed E-state index contributed by atoms with van der Waals surface area (Å²) in [5.41, 5.74) is 1.26. The lowest BCUT2D eigenvalue weighted by molar-refractivity contribution is 0.303. The predicted molar refractivity (Wildman–Crippen MR) is 101 cm³/mol. The minimum atomic E-state index is 0.0413. The summed E-state index contributed by atoms with van der Waals surface area (Å²) in [4.78, 5) is 12.5. The van der Waals surface area contributed by atoms with Crippen LogP contribution in [-0.2, 0) is 6.54 Å². The first-order valence-corrected chi connectivity index (χ1v) is 8.54. The molecule has 0 aliphatic carbocycles. The molecule has 0 saturated carbocycles. The third kappa shape index (κ3) is 4.21. The average molecular weight is 337 g/mol. The number of hydrogen-bond donors (Lipinski definition) is 0. The summed E-state index contributed by atoms with van der Waals surface area (Å²) < 4.78 is 12.7. The Bertz CT molecular complexity index is 897. The summed E-state index contributed by atoms with van der Waals surface area (Å²) in [6.45, 7) is 3.40. The molecule has 0 N–H and O–H groups in total. The molecule has 0 spiro atoms. The fourth-order valence-corrected chi connectivity index (χ4v) is 2.78. The highest BCUT2D eigenvalue weighted by atomic mass is 16.5. The minimum Gasteiger partial charge on any atom is -0.497 e. The SMILES string of the molecule is COc1ccc2c(=O)n(CCCCOc3ccc(C)cc3)ccc2c1. The zero-order valence-electron chi connectivity index (χ0n) is 14.7. The molecule has 0 aliphatic rings. The summed E-state index contributed by atoms with van der Waals surface area (Å²) in [6, 6.07) is 15.5. The van der Waals surface area contributed by atoms with E-state index in [-0.39, 0.29) is 5.56 Å². The Kier molecular flexibility index (Phi) is 5.39. The van der Waals surface area contributed by atoms with Crippen LogP contribution < -0.4 is 15.0 Å². The summed E-state index contributed by atoms with van der Waals surface area (Å²) in [7, 11) is 1.63. The van der Waals surface area contributed by atoms with Gasteiger partial charge in [0.1, 0.15) is 11.5 Å². The first-order chi connectivity index (χ1) is 12.2. The van der Waals surface area contributed by atoms with Crippen molar-refractivity contribution in [3.63, 3.8) is 0 Å². The summed E-state index contributed by atoms with van der Waals surface area (Å²) in [5, 5.41) is 1.63. The molecular formula is C21H23NO3. The molecule has 4 heteroatoms. The second kappa shape index (κ2) is 7.88. The molecule has 0 unspecified atom stereocenters. The fraction of sp³-hybridized carbons (Fsp3) is 0.286. The number of methoxy groups -OCH3 is 1. The molecule has 1 heterocycles. The van der Waals surface area contributed by atoms with Crippen LogP contribution in [0, 0.1) is 6.92 Å². The highest BCUT2D eigenvalue weighted by Gasteiger charge is 2.04. The van der Waals surface area contributed by atoms with Crippen LogP contribution in [0.1, 0.15) is 18.4 Å². The van der Waals surface area contributed by atoms with Crippen molar-refractivity contribution < 1.29 is 9.47 Å². The van der Waals surface area contributed by atoms with E-state index < -0.39 is 0 Å². The van der Waals surface area contributed by atoms with E-state index in [1.807, 2.05) is 54.7 Å². The van der Waals surface area contributed by atoms with Gasteiger partial charge in [0.2, 0.25) is 0 Å². The van der Waals surface area contributed by atoms with E-state index in [4.69, 9.17) is 9.47 Å². The number of rotatable bonds is 7. The van der Waals surface area contributed by atoms with Crippen molar-refractivity contribution in [1.82, 2.24) is 4.57 Å². The van der Waals surface area contributed by atoms with Crippen molar-refractivity contribution in [3.05, 3.63) is 70.6 Å². The number of nitrogens with zero attached hydrogens (tertiary/aromatic N) is 1. The Hall–Kier alpha value is -2.75. The van der Waals surface area contributed by atoms with Crippen molar-refractivity contribution in [2.24, 2.45) is 0 Å². The Morgan fingerprint density at radius 1 is 0.960 bits per heavy atom. The highest BCUT2D eigenvalue weighted by Crippen LogP contribution is 2.18. The zero-order valence-corrected chi connectivity index (χ0v) is 14.7. The van der Waals surface area contributed by atoms with Gasteiger partial charge in [-0.2, -0.15) is 0 Å². The topological polar surface area (TPSA) is 40.5 Å². The Morgan fingerprint density at radius 3 is 2.48 bits per heavy atom. The van der Waals surface area contributed by atoms with Gasteiger partial charge < -0.3 is 14.0 Å². The first kappa shape index (κ1) is 17.1. The molecule has 0 bridgehead atoms. The van der Waals surface area contributed by atoms with Crippen molar-refractivity contribution in [2.45, 2.75) is 26.3 Å². The van der Waals surface area contributed by atoms with E-state index in [1.54, 1.807) is 11.7 Å². The Morgan fingerprint density at radius 2 is 1.72 bits per heavy atom. The molecule has 0 saturated heterocycles. The van der Waals surface area contributed by atoms with E-state index in [2.05, 4.69) is 6.92 Å². The number of aromatic nitrogens is 1. The maximum absolute atomic E-state index is 12.5. The lowest BCUT2D eigenvalue weighted by Gasteiger charge is -2.09. The highest BCUT2D eigenvalue weighted by molar-refractivity contribution is 5.82. The molecule has 2 aromatic carbocycles. The molecule has 4 nitrogen and oxygen atoms in total. The van der Waals surface area contributed by atoms with Crippen molar-refractivity contribution in [2.75, 3.05) is 13.7 Å². The lowest BCUT2D eigenvalue weighted by Crippen LogP contribution is -2.19. The normalized spacial score (nSPS) is 10.8. The number of hydrogen-bond acceptors (Lipinski definition) is 3. The van der Waals surface area contributed by atoms with Gasteiger partial charge in [-0.05, 0) is 61.5 Å². The molecule has 0 amide bonds. The molecule has 0 fully saturated rings. The lowest BCUT2D eigenvalue weighted by atomic mass is 10.1. The third-order valence-corrected chi connectivity index (χ3v) is 4.27. The van der Waals surface area contributed by atoms with Crippen LogP contribution in [0.3, 0.4) is 0 Å². The van der Waals surface area contributed by atoms with E-state index in [1.165, 1.54) is 5.56 Å².